The van der Waals surface area contributed by atoms with Gasteiger partial charge in [-0.05, 0) is 13.0 Å². The monoisotopic (exact) mass is 298 g/mol. The maximum atomic E-state index is 12.5. The number of hydrogen-bond donors (Lipinski definition) is 0. The Hall–Kier alpha value is -2.24. The van der Waals surface area contributed by atoms with Crippen molar-refractivity contribution in [3.63, 3.8) is 0 Å². The van der Waals surface area contributed by atoms with Crippen LogP contribution in [0.5, 0.6) is 0 Å². The number of fused-ring (bicyclic) bond motifs is 2. The van der Waals surface area contributed by atoms with Crippen molar-refractivity contribution < 1.29 is 23.5 Å². The van der Waals surface area contributed by atoms with Crippen molar-refractivity contribution in [2.45, 2.75) is 19.1 Å². The van der Waals surface area contributed by atoms with Crippen LogP contribution in [0.25, 0.3) is 0 Å². The van der Waals surface area contributed by atoms with Crippen molar-refractivity contribution in [2.75, 3.05) is 13.2 Å². The fraction of sp³-hybridized carbons (Fsp3) is 0.294. The van der Waals surface area contributed by atoms with Crippen molar-refractivity contribution in [3.8, 4) is 0 Å². The van der Waals surface area contributed by atoms with E-state index in [2.05, 4.69) is 0 Å². The molecule has 0 radical (unpaired) electrons. The zero-order valence-corrected chi connectivity index (χ0v) is 12.0. The van der Waals surface area contributed by atoms with E-state index in [-0.39, 0.29) is 17.3 Å². The van der Waals surface area contributed by atoms with Gasteiger partial charge in [0.2, 0.25) is 5.78 Å². The van der Waals surface area contributed by atoms with Crippen molar-refractivity contribution in [3.05, 3.63) is 58.5 Å². The van der Waals surface area contributed by atoms with Crippen molar-refractivity contribution in [2.24, 2.45) is 0 Å². The molecule has 5 nitrogen and oxygen atoms in total. The van der Waals surface area contributed by atoms with E-state index in [1.54, 1.807) is 30.3 Å². The normalized spacial score (nSPS) is 19.1. The van der Waals surface area contributed by atoms with Crippen LogP contribution >= 0.6 is 0 Å². The van der Waals surface area contributed by atoms with Gasteiger partial charge in [-0.2, -0.15) is 0 Å². The fourth-order valence-corrected chi connectivity index (χ4v) is 2.99. The molecule has 0 N–H and O–H groups in total. The Morgan fingerprint density at radius 2 is 1.64 bits per heavy atom. The average Bonchev–Trinajstić information content (AvgIpc) is 3.12. The Morgan fingerprint density at radius 1 is 1.00 bits per heavy atom. The molecular formula is C17H14O5. The lowest BCUT2D eigenvalue weighted by Gasteiger charge is -2.20. The summed E-state index contributed by atoms with van der Waals surface area (Å²) in [6.45, 7) is 2.88. The second-order valence-corrected chi connectivity index (χ2v) is 5.67. The van der Waals surface area contributed by atoms with E-state index < -0.39 is 5.79 Å². The minimum Gasteiger partial charge on any atom is -0.457 e. The molecule has 1 saturated heterocycles. The Morgan fingerprint density at radius 3 is 2.32 bits per heavy atom. The largest absolute Gasteiger partial charge is 0.457 e. The molecule has 2 aromatic rings. The quantitative estimate of drug-likeness (QED) is 0.726. The third-order valence-electron chi connectivity index (χ3n) is 4.04. The van der Waals surface area contributed by atoms with Gasteiger partial charge in [-0.15, -0.1) is 0 Å². The van der Waals surface area contributed by atoms with E-state index in [1.807, 2.05) is 6.92 Å². The molecule has 1 aliphatic carbocycles. The molecule has 1 fully saturated rings. The molecule has 1 aromatic heterocycles. The molecule has 0 unspecified atom stereocenters. The van der Waals surface area contributed by atoms with Gasteiger partial charge in [0.05, 0.1) is 25.2 Å². The number of carbonyl (C=O) groups is 2. The highest BCUT2D eigenvalue weighted by Gasteiger charge is 2.37. The molecule has 4 rings (SSSR count). The highest BCUT2D eigenvalue weighted by Crippen LogP contribution is 2.32. The summed E-state index contributed by atoms with van der Waals surface area (Å²) >= 11 is 0. The summed E-state index contributed by atoms with van der Waals surface area (Å²) in [5, 5.41) is 0. The van der Waals surface area contributed by atoms with Crippen LogP contribution in [0.15, 0.2) is 34.7 Å². The predicted octanol–water partition coefficient (Wildman–Crippen LogP) is 2.36. The second-order valence-electron chi connectivity index (χ2n) is 5.67. The van der Waals surface area contributed by atoms with Crippen LogP contribution < -0.4 is 0 Å². The number of hydrogen-bond acceptors (Lipinski definition) is 5. The lowest BCUT2D eigenvalue weighted by Crippen LogP contribution is -2.28. The van der Waals surface area contributed by atoms with Crippen molar-refractivity contribution in [1.82, 2.24) is 0 Å². The molecule has 1 aromatic carbocycles. The molecule has 5 heteroatoms. The fourth-order valence-electron chi connectivity index (χ4n) is 2.99. The standard InChI is InChI=1S/C17H14O5/c1-17(20-6-7-21-17)9-10-8-13-14(18)11-4-2-3-5-12(11)15(19)16(13)22-10/h2-5,8H,6-7,9H2,1H3. The molecule has 0 saturated carbocycles. The molecule has 2 aliphatic rings. The highest BCUT2D eigenvalue weighted by atomic mass is 16.7. The van der Waals surface area contributed by atoms with Crippen LogP contribution in [0.1, 0.15) is 44.7 Å². The van der Waals surface area contributed by atoms with E-state index in [9.17, 15) is 9.59 Å². The predicted molar refractivity (Wildman–Crippen MR) is 76.0 cm³/mol. The summed E-state index contributed by atoms with van der Waals surface area (Å²) < 4.78 is 16.7. The first-order chi connectivity index (χ1) is 10.6. The number of benzene rings is 1. The van der Waals surface area contributed by atoms with Gasteiger partial charge < -0.3 is 13.9 Å². The Kier molecular flexibility index (Phi) is 2.82. The van der Waals surface area contributed by atoms with Crippen LogP contribution in [-0.2, 0) is 15.9 Å². The average molecular weight is 298 g/mol. The Bertz CT molecular complexity index is 728. The Balaban J connectivity index is 1.74. The van der Waals surface area contributed by atoms with Gasteiger partial charge >= 0.3 is 0 Å². The van der Waals surface area contributed by atoms with Crippen LogP contribution in [-0.4, -0.2) is 30.6 Å². The summed E-state index contributed by atoms with van der Waals surface area (Å²) in [6.07, 6.45) is 0.358. The molecule has 0 atom stereocenters. The summed E-state index contributed by atoms with van der Waals surface area (Å²) in [7, 11) is 0. The van der Waals surface area contributed by atoms with Gasteiger partial charge in [0.25, 0.3) is 0 Å². The van der Waals surface area contributed by atoms with Crippen LogP contribution in [0.4, 0.5) is 0 Å². The van der Waals surface area contributed by atoms with Gasteiger partial charge in [-0.1, -0.05) is 24.3 Å². The molecular weight excluding hydrogens is 284 g/mol. The molecule has 0 bridgehead atoms. The number of rotatable bonds is 2. The zero-order valence-electron chi connectivity index (χ0n) is 12.0. The molecule has 0 amide bonds. The van der Waals surface area contributed by atoms with Gasteiger partial charge in [-0.25, -0.2) is 0 Å². The molecule has 2 heterocycles. The van der Waals surface area contributed by atoms with E-state index >= 15 is 0 Å². The number of carbonyl (C=O) groups excluding carboxylic acids is 2. The number of ether oxygens (including phenoxy) is 2. The topological polar surface area (TPSA) is 65.7 Å². The highest BCUT2D eigenvalue weighted by molar-refractivity contribution is 6.27. The van der Waals surface area contributed by atoms with Crippen molar-refractivity contribution >= 4 is 11.6 Å². The number of furan rings is 1. The summed E-state index contributed by atoms with van der Waals surface area (Å²) in [4.78, 5) is 25.0. The maximum absolute atomic E-state index is 12.5. The third kappa shape index (κ3) is 1.94. The minimum absolute atomic E-state index is 0.111. The van der Waals surface area contributed by atoms with Gasteiger partial charge in [0.1, 0.15) is 5.76 Å². The van der Waals surface area contributed by atoms with Gasteiger partial charge in [-0.3, -0.25) is 9.59 Å². The lowest BCUT2D eigenvalue weighted by molar-refractivity contribution is -0.142. The summed E-state index contributed by atoms with van der Waals surface area (Å²) in [5.74, 6) is -0.572. The van der Waals surface area contributed by atoms with Crippen molar-refractivity contribution in [1.29, 1.82) is 0 Å². The second kappa shape index (κ2) is 4.63. The lowest BCUT2D eigenvalue weighted by atomic mass is 9.88. The minimum atomic E-state index is -0.764. The molecule has 112 valence electrons. The first-order valence-electron chi connectivity index (χ1n) is 7.16. The van der Waals surface area contributed by atoms with Gasteiger partial charge in [0, 0.05) is 11.1 Å². The maximum Gasteiger partial charge on any atom is 0.229 e. The molecule has 22 heavy (non-hydrogen) atoms. The molecule has 0 spiro atoms. The first kappa shape index (κ1) is 13.4. The van der Waals surface area contributed by atoms with Crippen LogP contribution in [0, 0.1) is 0 Å². The van der Waals surface area contributed by atoms with Crippen LogP contribution in [0.2, 0.25) is 0 Å². The number of ketones is 2. The van der Waals surface area contributed by atoms with E-state index in [4.69, 9.17) is 13.9 Å². The molecule has 1 aliphatic heterocycles. The summed E-state index contributed by atoms with van der Waals surface area (Å²) in [6, 6.07) is 8.42. The third-order valence-corrected chi connectivity index (χ3v) is 4.04. The Labute approximate surface area is 126 Å². The van der Waals surface area contributed by atoms with E-state index in [1.165, 1.54) is 0 Å². The van der Waals surface area contributed by atoms with Gasteiger partial charge in [0.15, 0.2) is 17.3 Å². The SMILES string of the molecule is CC1(Cc2cc3c(o2)C(=O)c2ccccc2C3=O)OCCO1. The first-order valence-corrected chi connectivity index (χ1v) is 7.16. The smallest absolute Gasteiger partial charge is 0.229 e. The van der Waals surface area contributed by atoms with Crippen LogP contribution in [0.3, 0.4) is 0 Å². The summed E-state index contributed by atoms with van der Waals surface area (Å²) in [5.41, 5.74) is 1.13. The zero-order chi connectivity index (χ0) is 15.3. The van der Waals surface area contributed by atoms with E-state index in [0.29, 0.717) is 42.1 Å². The van der Waals surface area contributed by atoms with E-state index in [0.717, 1.165) is 0 Å².